The number of rotatable bonds is 5. The molecule has 7 rings (SSSR count). The van der Waals surface area contributed by atoms with Crippen LogP contribution in [-0.4, -0.2) is 27.7 Å². The van der Waals surface area contributed by atoms with Gasteiger partial charge in [0.1, 0.15) is 19.5 Å². The molecule has 0 radical (unpaired) electrons. The highest BCUT2D eigenvalue weighted by Gasteiger charge is 2.31. The van der Waals surface area contributed by atoms with Crippen LogP contribution in [0.25, 0.3) is 50.0 Å². The number of phenolic OH excluding ortho intramolecular Hbond substituents is 1. The fraction of sp³-hybridized carbons (Fsp3) is 0.227. The summed E-state index contributed by atoms with van der Waals surface area (Å²) < 4.78 is 2.14. The van der Waals surface area contributed by atoms with Crippen molar-refractivity contribution in [3.8, 4) is 33.8 Å². The van der Waals surface area contributed by atoms with Crippen molar-refractivity contribution in [3.63, 3.8) is 0 Å². The number of aromatic nitrogens is 3. The average Bonchev–Trinajstić information content (AvgIpc) is 3.40. The summed E-state index contributed by atoms with van der Waals surface area (Å²) in [6.45, 7) is 18.3. The zero-order chi connectivity index (χ0) is 34.7. The van der Waals surface area contributed by atoms with E-state index in [-0.39, 0.29) is 16.6 Å². The lowest BCUT2D eigenvalue weighted by molar-refractivity contribution is 0.473. The van der Waals surface area contributed by atoms with Crippen molar-refractivity contribution in [2.45, 2.75) is 65.5 Å². The number of benzene rings is 4. The van der Waals surface area contributed by atoms with Crippen molar-refractivity contribution in [2.75, 3.05) is 0 Å². The van der Waals surface area contributed by atoms with Crippen LogP contribution in [0.1, 0.15) is 52.7 Å². The van der Waals surface area contributed by atoms with Crippen molar-refractivity contribution in [2.24, 2.45) is 0 Å². The molecule has 0 aliphatic rings. The van der Waals surface area contributed by atoms with Gasteiger partial charge in [0.15, 0.2) is 0 Å². The molecule has 49 heavy (non-hydrogen) atoms. The van der Waals surface area contributed by atoms with Gasteiger partial charge in [0.2, 0.25) is 0 Å². The van der Waals surface area contributed by atoms with E-state index in [4.69, 9.17) is 9.97 Å². The van der Waals surface area contributed by atoms with Crippen molar-refractivity contribution < 1.29 is 5.11 Å². The quantitative estimate of drug-likeness (QED) is 0.187. The summed E-state index contributed by atoms with van der Waals surface area (Å²) in [5, 5.41) is 15.9. The third kappa shape index (κ3) is 5.87. The number of aromatic hydroxyl groups is 1. The molecule has 0 fully saturated rings. The zero-order valence-corrected chi connectivity index (χ0v) is 30.8. The van der Waals surface area contributed by atoms with Gasteiger partial charge in [-0.15, -0.1) is 0 Å². The van der Waals surface area contributed by atoms with Gasteiger partial charge < -0.3 is 5.11 Å². The van der Waals surface area contributed by atoms with E-state index >= 15 is 0 Å². The fourth-order valence-electron chi connectivity index (χ4n) is 6.89. The van der Waals surface area contributed by atoms with Gasteiger partial charge in [0.25, 0.3) is 0 Å². The van der Waals surface area contributed by atoms with Gasteiger partial charge in [0, 0.05) is 27.8 Å². The lowest BCUT2D eigenvalue weighted by Gasteiger charge is -2.26. The molecule has 0 atom stereocenters. The Hall–Kier alpha value is -5.00. The summed E-state index contributed by atoms with van der Waals surface area (Å²) in [7, 11) is -2.20. The second-order valence-corrected chi connectivity index (χ2v) is 20.2. The lowest BCUT2D eigenvalue weighted by atomic mass is 9.83. The first kappa shape index (κ1) is 32.5. The standard InChI is InChI=1S/C44H45N3OSi/c1-43(2,3)32-21-22-37-34(27-32)35-28-36(44(4,5)6)41(46-42(35)47(37)38-18-12-13-19-39(38)48)31-24-30(29-16-10-9-11-17-29)25-33(26-31)49(7,8)40-20-14-15-23-45-40/h9-28,48H,1-8H3. The predicted octanol–water partition coefficient (Wildman–Crippen LogP) is 10.0. The van der Waals surface area contributed by atoms with Gasteiger partial charge in [-0.2, -0.15) is 0 Å². The number of pyridine rings is 2. The molecule has 7 aromatic rings. The van der Waals surface area contributed by atoms with Crippen LogP contribution < -0.4 is 10.5 Å². The maximum atomic E-state index is 11.2. The van der Waals surface area contributed by atoms with Crippen molar-refractivity contribution in [1.82, 2.24) is 14.5 Å². The summed E-state index contributed by atoms with van der Waals surface area (Å²) in [6.07, 6.45) is 1.90. The normalized spacial score (nSPS) is 12.6. The van der Waals surface area contributed by atoms with Crippen molar-refractivity contribution in [1.29, 1.82) is 0 Å². The van der Waals surface area contributed by atoms with E-state index in [2.05, 4.69) is 144 Å². The smallest absolute Gasteiger partial charge is 0.146 e. The Bertz CT molecular complexity index is 2330. The molecular weight excluding hydrogens is 615 g/mol. The van der Waals surface area contributed by atoms with Crippen molar-refractivity contribution >= 4 is 40.5 Å². The molecule has 0 amide bonds. The maximum Gasteiger partial charge on any atom is 0.146 e. The minimum atomic E-state index is -2.20. The number of hydrogen-bond donors (Lipinski definition) is 1. The highest BCUT2D eigenvalue weighted by molar-refractivity contribution is 7.00. The van der Waals surface area contributed by atoms with E-state index in [1.165, 1.54) is 27.4 Å². The second kappa shape index (κ2) is 11.9. The molecule has 1 N–H and O–H groups in total. The van der Waals surface area contributed by atoms with Crippen LogP contribution in [0.4, 0.5) is 0 Å². The van der Waals surface area contributed by atoms with Crippen LogP contribution in [0.2, 0.25) is 13.1 Å². The molecule has 0 spiro atoms. The third-order valence-corrected chi connectivity index (χ3v) is 13.2. The van der Waals surface area contributed by atoms with Crippen LogP contribution in [0.5, 0.6) is 5.75 Å². The molecule has 0 aliphatic carbocycles. The topological polar surface area (TPSA) is 50.9 Å². The van der Waals surface area contributed by atoms with Crippen LogP contribution >= 0.6 is 0 Å². The van der Waals surface area contributed by atoms with E-state index in [9.17, 15) is 5.11 Å². The Labute approximate surface area is 291 Å². The molecule has 0 saturated heterocycles. The summed E-state index contributed by atoms with van der Waals surface area (Å²) in [5.74, 6) is 0.223. The van der Waals surface area contributed by atoms with E-state index in [1.807, 2.05) is 30.5 Å². The molecule has 0 bridgehead atoms. The summed E-state index contributed by atoms with van der Waals surface area (Å²) in [5.41, 5.74) is 9.20. The molecule has 3 heterocycles. The van der Waals surface area contributed by atoms with Crippen LogP contribution in [0, 0.1) is 0 Å². The highest BCUT2D eigenvalue weighted by atomic mass is 28.3. The summed E-state index contributed by atoms with van der Waals surface area (Å²) >= 11 is 0. The zero-order valence-electron chi connectivity index (χ0n) is 29.8. The van der Waals surface area contributed by atoms with Gasteiger partial charge in [-0.05, 0) is 81.6 Å². The minimum absolute atomic E-state index is 0.0176. The van der Waals surface area contributed by atoms with Crippen LogP contribution in [-0.2, 0) is 10.8 Å². The van der Waals surface area contributed by atoms with Crippen LogP contribution in [0.15, 0.2) is 121 Å². The Morgan fingerprint density at radius 2 is 1.33 bits per heavy atom. The molecule has 4 aromatic carbocycles. The Balaban J connectivity index is 1.59. The molecule has 3 aromatic heterocycles. The predicted molar refractivity (Wildman–Crippen MR) is 209 cm³/mol. The van der Waals surface area contributed by atoms with Gasteiger partial charge >= 0.3 is 0 Å². The van der Waals surface area contributed by atoms with E-state index in [0.717, 1.165) is 44.2 Å². The second-order valence-electron chi connectivity index (χ2n) is 15.8. The lowest BCUT2D eigenvalue weighted by Crippen LogP contribution is -2.54. The first-order valence-electron chi connectivity index (χ1n) is 17.1. The molecule has 4 nitrogen and oxygen atoms in total. The van der Waals surface area contributed by atoms with Gasteiger partial charge in [-0.1, -0.05) is 127 Å². The van der Waals surface area contributed by atoms with Gasteiger partial charge in [0.05, 0.1) is 16.9 Å². The number of para-hydroxylation sites is 2. The molecule has 246 valence electrons. The number of hydrogen-bond acceptors (Lipinski definition) is 3. The minimum Gasteiger partial charge on any atom is -0.506 e. The monoisotopic (exact) mass is 659 g/mol. The number of nitrogens with zero attached hydrogens (tertiary/aromatic N) is 3. The highest BCUT2D eigenvalue weighted by Crippen LogP contribution is 2.41. The first-order valence-corrected chi connectivity index (χ1v) is 20.1. The average molecular weight is 660 g/mol. The van der Waals surface area contributed by atoms with E-state index < -0.39 is 8.07 Å². The molecule has 5 heteroatoms. The summed E-state index contributed by atoms with van der Waals surface area (Å²) in [6, 6.07) is 40.6. The van der Waals surface area contributed by atoms with Crippen LogP contribution in [0.3, 0.4) is 0 Å². The molecule has 0 aliphatic heterocycles. The Morgan fingerprint density at radius 1 is 0.633 bits per heavy atom. The Morgan fingerprint density at radius 3 is 2.00 bits per heavy atom. The third-order valence-electron chi connectivity index (χ3n) is 9.88. The van der Waals surface area contributed by atoms with Gasteiger partial charge in [-0.3, -0.25) is 9.55 Å². The Kier molecular flexibility index (Phi) is 7.87. The van der Waals surface area contributed by atoms with Crippen molar-refractivity contribution in [3.05, 3.63) is 133 Å². The molecule has 0 saturated carbocycles. The van der Waals surface area contributed by atoms with E-state index in [0.29, 0.717) is 0 Å². The first-order chi connectivity index (χ1) is 23.2. The fourth-order valence-corrected chi connectivity index (χ4v) is 9.13. The maximum absolute atomic E-state index is 11.2. The largest absolute Gasteiger partial charge is 0.506 e. The van der Waals surface area contributed by atoms with Gasteiger partial charge in [-0.25, -0.2) is 4.98 Å². The number of fused-ring (bicyclic) bond motifs is 3. The van der Waals surface area contributed by atoms with E-state index in [1.54, 1.807) is 6.07 Å². The molecular formula is C44H45N3OSi. The molecule has 0 unspecified atom stereocenters. The summed E-state index contributed by atoms with van der Waals surface area (Å²) in [4.78, 5) is 10.5. The number of phenols is 1. The SMILES string of the molecule is CC(C)(C)c1ccc2c(c1)c1cc(C(C)(C)C)c(-c3cc(-c4ccccc4)cc([Si](C)(C)c4ccccn4)c3)nc1n2-c1ccccc1O.